The molecule has 0 fully saturated rings. The number of benzene rings is 1. The fraction of sp³-hybridized carbons (Fsp3) is 0.600. The zero-order valence-corrected chi connectivity index (χ0v) is 15.1. The van der Waals surface area contributed by atoms with Crippen molar-refractivity contribution < 1.29 is 18.6 Å². The molecule has 0 aliphatic heterocycles. The number of halogens is 1. The number of rotatable bonds is 9. The minimum absolute atomic E-state index is 0.0232. The van der Waals surface area contributed by atoms with E-state index >= 15 is 0 Å². The highest BCUT2D eigenvalue weighted by molar-refractivity contribution is 7.89. The van der Waals surface area contributed by atoms with Gasteiger partial charge in [-0.25, -0.2) is 13.6 Å². The van der Waals surface area contributed by atoms with Crippen LogP contribution in [0.1, 0.15) is 51.4 Å². The Morgan fingerprint density at radius 1 is 1.17 bits per heavy atom. The average molecular weight is 365 g/mol. The Labute approximate surface area is 142 Å². The number of nitrogens with zero attached hydrogens (tertiary/aromatic N) is 1. The summed E-state index contributed by atoms with van der Waals surface area (Å²) in [5, 5.41) is 24.4. The van der Waals surface area contributed by atoms with Gasteiger partial charge in [0, 0.05) is 24.3 Å². The number of aliphatic hydroxyl groups is 2. The number of sulfonamides is 1. The summed E-state index contributed by atoms with van der Waals surface area (Å²) in [5.41, 5.74) is 0.616. The second-order valence-corrected chi connectivity index (χ2v) is 7.39. The first-order valence-electron chi connectivity index (χ1n) is 7.69. The molecule has 0 aromatic heterocycles. The van der Waals surface area contributed by atoms with Crippen molar-refractivity contribution in [1.82, 2.24) is 0 Å². The summed E-state index contributed by atoms with van der Waals surface area (Å²) in [6.45, 7) is 5.58. The van der Waals surface area contributed by atoms with Crippen molar-refractivity contribution in [2.24, 2.45) is 5.14 Å². The summed E-state index contributed by atoms with van der Waals surface area (Å²) in [5.74, 6) is 0. The molecule has 0 bridgehead atoms. The molecule has 0 unspecified atom stereocenters. The fourth-order valence-corrected chi connectivity index (χ4v) is 3.41. The normalized spacial score (nSPS) is 12.0. The van der Waals surface area contributed by atoms with Crippen molar-refractivity contribution in [3.05, 3.63) is 22.7 Å². The number of hydrogen-bond acceptors (Lipinski definition) is 5. The predicted octanol–water partition coefficient (Wildman–Crippen LogP) is 2.38. The molecule has 1 rings (SSSR count). The van der Waals surface area contributed by atoms with Crippen molar-refractivity contribution in [2.45, 2.75) is 50.7 Å². The minimum Gasteiger partial charge on any atom is -0.371 e. The second-order valence-electron chi connectivity index (χ2n) is 5.45. The van der Waals surface area contributed by atoms with Crippen LogP contribution in [0.15, 0.2) is 17.0 Å². The van der Waals surface area contributed by atoms with Crippen molar-refractivity contribution in [2.75, 3.05) is 18.0 Å². The zero-order valence-electron chi connectivity index (χ0n) is 13.5. The average Bonchev–Trinajstić information content (AvgIpc) is 2.45. The van der Waals surface area contributed by atoms with E-state index in [0.717, 1.165) is 44.8 Å². The number of unbranched alkanes of at least 4 members (excludes halogenated alkanes) is 2. The molecule has 1 aromatic rings. The van der Waals surface area contributed by atoms with E-state index in [2.05, 4.69) is 13.8 Å². The van der Waals surface area contributed by atoms with Crippen molar-refractivity contribution in [3.8, 4) is 0 Å². The van der Waals surface area contributed by atoms with Gasteiger partial charge in [-0.2, -0.15) is 0 Å². The molecular weight excluding hydrogens is 340 g/mol. The third-order valence-corrected chi connectivity index (χ3v) is 4.95. The maximum Gasteiger partial charge on any atom is 0.239 e. The highest BCUT2D eigenvalue weighted by Gasteiger charge is 2.22. The number of primary sulfonamides is 1. The molecule has 8 heteroatoms. The van der Waals surface area contributed by atoms with Gasteiger partial charge < -0.3 is 15.1 Å². The first-order valence-corrected chi connectivity index (χ1v) is 9.62. The quantitative estimate of drug-likeness (QED) is 0.583. The first-order chi connectivity index (χ1) is 10.7. The summed E-state index contributed by atoms with van der Waals surface area (Å²) in [4.78, 5) is 1.69. The molecule has 23 heavy (non-hydrogen) atoms. The molecule has 0 saturated heterocycles. The van der Waals surface area contributed by atoms with Gasteiger partial charge >= 0.3 is 0 Å². The largest absolute Gasteiger partial charge is 0.371 e. The summed E-state index contributed by atoms with van der Waals surface area (Å²) in [7, 11) is -4.04. The van der Waals surface area contributed by atoms with Crippen LogP contribution in [0.5, 0.6) is 0 Å². The maximum atomic E-state index is 11.6. The third kappa shape index (κ3) is 5.61. The van der Waals surface area contributed by atoms with Crippen LogP contribution >= 0.6 is 11.6 Å². The molecular formula is C15H25ClN2O4S. The molecule has 0 aliphatic carbocycles. The van der Waals surface area contributed by atoms with Crippen molar-refractivity contribution in [1.29, 1.82) is 0 Å². The molecule has 4 N–H and O–H groups in total. The third-order valence-electron chi connectivity index (χ3n) is 3.57. The van der Waals surface area contributed by atoms with Crippen molar-refractivity contribution >= 4 is 27.3 Å². The van der Waals surface area contributed by atoms with Crippen LogP contribution in [0.3, 0.4) is 0 Å². The smallest absolute Gasteiger partial charge is 0.239 e. The van der Waals surface area contributed by atoms with Gasteiger partial charge in [-0.05, 0) is 25.0 Å². The van der Waals surface area contributed by atoms with Crippen LogP contribution in [-0.4, -0.2) is 31.7 Å². The SMILES string of the molecule is CCCCN(CCCC)c1cc(Cl)c(S(N)(=O)=O)cc1C(O)O. The maximum absolute atomic E-state index is 11.6. The van der Waals surface area contributed by atoms with Gasteiger partial charge in [0.05, 0.1) is 5.02 Å². The fourth-order valence-electron chi connectivity index (χ4n) is 2.31. The zero-order chi connectivity index (χ0) is 17.6. The minimum atomic E-state index is -4.04. The standard InChI is InChI=1S/C15H25ClN2O4S/c1-3-5-7-18(8-6-4-2)13-10-12(16)14(23(17,21)22)9-11(13)15(19)20/h9-10,15,19-20H,3-8H2,1-2H3,(H2,17,21,22). The summed E-state index contributed by atoms with van der Waals surface area (Å²) >= 11 is 6.05. The van der Waals surface area contributed by atoms with E-state index in [1.54, 1.807) is 0 Å². The summed E-state index contributed by atoms with van der Waals surface area (Å²) < 4.78 is 23.1. The number of hydrogen-bond donors (Lipinski definition) is 3. The van der Waals surface area contributed by atoms with Crippen LogP contribution in [0.4, 0.5) is 5.69 Å². The van der Waals surface area contributed by atoms with Gasteiger partial charge in [0.1, 0.15) is 4.90 Å². The lowest BCUT2D eigenvalue weighted by molar-refractivity contribution is -0.0422. The van der Waals surface area contributed by atoms with Gasteiger partial charge in [0.2, 0.25) is 10.0 Å². The summed E-state index contributed by atoms with van der Waals surface area (Å²) in [6, 6.07) is 2.59. The molecule has 0 atom stereocenters. The first kappa shape index (κ1) is 20.2. The topological polar surface area (TPSA) is 104 Å². The highest BCUT2D eigenvalue weighted by Crippen LogP contribution is 2.34. The Balaban J connectivity index is 3.38. The van der Waals surface area contributed by atoms with Gasteiger partial charge in [0.25, 0.3) is 0 Å². The molecule has 0 amide bonds. The molecule has 0 spiro atoms. The Hall–Kier alpha value is -0.860. The molecule has 6 nitrogen and oxygen atoms in total. The molecule has 1 aromatic carbocycles. The number of aliphatic hydroxyl groups excluding tert-OH is 1. The van der Waals surface area contributed by atoms with Gasteiger partial charge in [-0.3, -0.25) is 0 Å². The van der Waals surface area contributed by atoms with Gasteiger partial charge in [-0.1, -0.05) is 38.3 Å². The lowest BCUT2D eigenvalue weighted by Crippen LogP contribution is -2.27. The number of anilines is 1. The van der Waals surface area contributed by atoms with Crippen LogP contribution < -0.4 is 10.0 Å². The lowest BCUT2D eigenvalue weighted by atomic mass is 10.1. The van der Waals surface area contributed by atoms with E-state index in [1.807, 2.05) is 4.90 Å². The van der Waals surface area contributed by atoms with Crippen LogP contribution in [-0.2, 0) is 10.0 Å². The predicted molar refractivity (Wildman–Crippen MR) is 92.0 cm³/mol. The molecule has 0 heterocycles. The van der Waals surface area contributed by atoms with E-state index in [9.17, 15) is 18.6 Å². The Kier molecular flexibility index (Phi) is 7.76. The van der Waals surface area contributed by atoms with Gasteiger partial charge in [-0.15, -0.1) is 0 Å². The van der Waals surface area contributed by atoms with Gasteiger partial charge in [0.15, 0.2) is 6.29 Å². The van der Waals surface area contributed by atoms with E-state index in [0.29, 0.717) is 5.69 Å². The molecule has 0 radical (unpaired) electrons. The van der Waals surface area contributed by atoms with E-state index in [4.69, 9.17) is 16.7 Å². The monoisotopic (exact) mass is 364 g/mol. The number of nitrogens with two attached hydrogens (primary N) is 1. The second kappa shape index (κ2) is 8.84. The van der Waals surface area contributed by atoms with Crippen LogP contribution in [0, 0.1) is 0 Å². The molecule has 132 valence electrons. The van der Waals surface area contributed by atoms with Crippen LogP contribution in [0.2, 0.25) is 5.02 Å². The highest BCUT2D eigenvalue weighted by atomic mass is 35.5. The van der Waals surface area contributed by atoms with Crippen LogP contribution in [0.25, 0.3) is 0 Å². The Bertz CT molecular complexity index is 612. The van der Waals surface area contributed by atoms with Crippen molar-refractivity contribution in [3.63, 3.8) is 0 Å². The van der Waals surface area contributed by atoms with E-state index in [-0.39, 0.29) is 15.5 Å². The molecule has 0 saturated carbocycles. The molecule has 0 aliphatic rings. The van der Waals surface area contributed by atoms with E-state index < -0.39 is 16.3 Å². The lowest BCUT2D eigenvalue weighted by Gasteiger charge is -2.28. The van der Waals surface area contributed by atoms with E-state index in [1.165, 1.54) is 6.07 Å². The summed E-state index contributed by atoms with van der Waals surface area (Å²) in [6.07, 6.45) is 2.03. The Morgan fingerprint density at radius 3 is 2.09 bits per heavy atom. The Morgan fingerprint density at radius 2 is 1.70 bits per heavy atom.